The Morgan fingerprint density at radius 1 is 0.605 bits per heavy atom. The molecule has 8 nitrogen and oxygen atoms in total. The van der Waals surface area contributed by atoms with Crippen molar-refractivity contribution >= 4 is 39.6 Å². The minimum absolute atomic E-state index is 0.240. The lowest BCUT2D eigenvalue weighted by Gasteiger charge is -2.26. The topological polar surface area (TPSA) is 105 Å². The molecule has 0 atom stereocenters. The maximum absolute atomic E-state index is 11.9. The largest absolute Gasteiger partial charge is 0.379 e. The van der Waals surface area contributed by atoms with Gasteiger partial charge in [-0.05, 0) is 68.3 Å². The van der Waals surface area contributed by atoms with Crippen LogP contribution in [0.25, 0.3) is 0 Å². The van der Waals surface area contributed by atoms with E-state index in [-0.39, 0.29) is 23.6 Å². The van der Waals surface area contributed by atoms with Crippen molar-refractivity contribution in [2.24, 2.45) is 0 Å². The van der Waals surface area contributed by atoms with Crippen LogP contribution in [-0.2, 0) is 17.6 Å². The smallest absolute Gasteiger partial charge is 0.259 e. The first-order chi connectivity index (χ1) is 21.0. The van der Waals surface area contributed by atoms with E-state index in [1.54, 1.807) is 12.1 Å². The molecule has 0 spiro atoms. The van der Waals surface area contributed by atoms with Crippen molar-refractivity contribution in [2.45, 2.75) is 77.0 Å². The summed E-state index contributed by atoms with van der Waals surface area (Å²) in [6, 6.07) is 11.1. The standard InChI is InChI=1S/C19H26N2O3.C15H18BrNO2/c22-18-16-9-6-8-15(17(16)19(23)20-18)7-4-2-1-3-5-10-21-11-13-24-14-12-21;16-10-5-3-1-2-4-7-11-8-6-9-12-13(11)15(19)17-14(12)18/h6,8-9H,1-5,7,10-14H2,(H,20,22,23);6,8-9H,1-5,7,10H2,(H,17,18,19). The van der Waals surface area contributed by atoms with E-state index in [0.29, 0.717) is 22.3 Å². The Morgan fingerprint density at radius 3 is 1.58 bits per heavy atom. The number of carbonyl (C=O) groups is 4. The fourth-order valence-corrected chi connectivity index (χ4v) is 6.34. The average Bonchev–Trinajstić information content (AvgIpc) is 3.49. The molecule has 0 unspecified atom stereocenters. The van der Waals surface area contributed by atoms with E-state index >= 15 is 0 Å². The summed E-state index contributed by atoms with van der Waals surface area (Å²) in [5, 5.41) is 5.81. The zero-order valence-electron chi connectivity index (χ0n) is 25.1. The van der Waals surface area contributed by atoms with Gasteiger partial charge in [-0.2, -0.15) is 0 Å². The highest BCUT2D eigenvalue weighted by molar-refractivity contribution is 9.09. The van der Waals surface area contributed by atoms with E-state index < -0.39 is 0 Å². The quantitative estimate of drug-likeness (QED) is 0.142. The number of imide groups is 2. The highest BCUT2D eigenvalue weighted by Gasteiger charge is 2.29. The third-order valence-corrected chi connectivity index (χ3v) is 8.86. The summed E-state index contributed by atoms with van der Waals surface area (Å²) >= 11 is 3.42. The van der Waals surface area contributed by atoms with Crippen LogP contribution in [0, 0.1) is 0 Å². The summed E-state index contributed by atoms with van der Waals surface area (Å²) < 4.78 is 5.36. The van der Waals surface area contributed by atoms with Gasteiger partial charge in [0.1, 0.15) is 0 Å². The lowest BCUT2D eigenvalue weighted by Crippen LogP contribution is -2.36. The Balaban J connectivity index is 0.000000203. The van der Waals surface area contributed by atoms with E-state index in [2.05, 4.69) is 31.5 Å². The third kappa shape index (κ3) is 9.55. The van der Waals surface area contributed by atoms with Gasteiger partial charge < -0.3 is 4.74 Å². The fraction of sp³-hybridized carbons (Fsp3) is 0.529. The predicted molar refractivity (Wildman–Crippen MR) is 171 cm³/mol. The molecule has 2 aromatic rings. The van der Waals surface area contributed by atoms with E-state index in [1.807, 2.05) is 24.3 Å². The lowest BCUT2D eigenvalue weighted by molar-refractivity contribution is 0.0371. The number of aryl methyl sites for hydroxylation is 2. The van der Waals surface area contributed by atoms with Gasteiger partial charge in [0.15, 0.2) is 0 Å². The zero-order valence-corrected chi connectivity index (χ0v) is 26.6. The minimum atomic E-state index is -0.265. The maximum Gasteiger partial charge on any atom is 0.259 e. The summed E-state index contributed by atoms with van der Waals surface area (Å²) in [5.41, 5.74) is 4.25. The minimum Gasteiger partial charge on any atom is -0.379 e. The van der Waals surface area contributed by atoms with Crippen LogP contribution in [0.1, 0.15) is 117 Å². The Hall–Kier alpha value is -2.88. The molecule has 4 amide bonds. The number of ether oxygens (including phenoxy) is 1. The molecule has 2 N–H and O–H groups in total. The molecule has 3 heterocycles. The van der Waals surface area contributed by atoms with Crippen LogP contribution in [-0.4, -0.2) is 66.7 Å². The van der Waals surface area contributed by atoms with Crippen molar-refractivity contribution in [3.05, 3.63) is 69.8 Å². The number of benzene rings is 2. The number of morpholine rings is 1. The summed E-state index contributed by atoms with van der Waals surface area (Å²) in [6.45, 7) is 5.06. The summed E-state index contributed by atoms with van der Waals surface area (Å²) in [6.07, 6.45) is 13.6. The molecule has 5 rings (SSSR count). The van der Waals surface area contributed by atoms with Crippen molar-refractivity contribution in [1.82, 2.24) is 15.5 Å². The molecule has 0 radical (unpaired) electrons. The van der Waals surface area contributed by atoms with Gasteiger partial charge in [-0.1, -0.05) is 78.7 Å². The molecule has 3 aliphatic heterocycles. The molecule has 0 aromatic heterocycles. The Labute approximate surface area is 263 Å². The first-order valence-electron chi connectivity index (χ1n) is 15.8. The first kappa shape index (κ1) is 33.0. The molecule has 9 heteroatoms. The van der Waals surface area contributed by atoms with Crippen LogP contribution in [0.15, 0.2) is 36.4 Å². The van der Waals surface area contributed by atoms with Gasteiger partial charge in [0, 0.05) is 18.4 Å². The molecule has 232 valence electrons. The van der Waals surface area contributed by atoms with Gasteiger partial charge in [0.25, 0.3) is 23.6 Å². The van der Waals surface area contributed by atoms with Crippen LogP contribution in [0.2, 0.25) is 0 Å². The van der Waals surface area contributed by atoms with Crippen LogP contribution < -0.4 is 10.6 Å². The van der Waals surface area contributed by atoms with Crippen LogP contribution in [0.3, 0.4) is 0 Å². The highest BCUT2D eigenvalue weighted by Crippen LogP contribution is 2.23. The zero-order chi connectivity index (χ0) is 30.4. The monoisotopic (exact) mass is 653 g/mol. The van der Waals surface area contributed by atoms with Crippen LogP contribution >= 0.6 is 15.9 Å². The number of alkyl halides is 1. The van der Waals surface area contributed by atoms with Gasteiger partial charge >= 0.3 is 0 Å². The number of amides is 4. The SMILES string of the molecule is O=C1NC(=O)c2c(CCCCCCCBr)cccc21.O=C1NC(=O)c2c(CCCCCCCN3CCOCC3)cccc21. The van der Waals surface area contributed by atoms with Gasteiger partial charge in [0.05, 0.1) is 35.5 Å². The number of halogens is 1. The molecular weight excluding hydrogens is 610 g/mol. The predicted octanol–water partition coefficient (Wildman–Crippen LogP) is 5.85. The second-order valence-corrected chi connectivity index (χ2v) is 12.2. The summed E-state index contributed by atoms with van der Waals surface area (Å²) in [4.78, 5) is 49.3. The Bertz CT molecular complexity index is 1270. The molecule has 1 fully saturated rings. The molecule has 43 heavy (non-hydrogen) atoms. The van der Waals surface area contributed by atoms with Gasteiger partial charge in [0.2, 0.25) is 0 Å². The van der Waals surface area contributed by atoms with E-state index in [1.165, 1.54) is 57.9 Å². The molecule has 1 saturated heterocycles. The number of rotatable bonds is 15. The second kappa shape index (κ2) is 17.4. The number of nitrogens with one attached hydrogen (secondary N) is 2. The molecular formula is C34H44BrN3O5. The third-order valence-electron chi connectivity index (χ3n) is 8.30. The number of carbonyl (C=O) groups excluding carboxylic acids is 4. The van der Waals surface area contributed by atoms with Gasteiger partial charge in [-0.25, -0.2) is 0 Å². The van der Waals surface area contributed by atoms with Crippen molar-refractivity contribution < 1.29 is 23.9 Å². The number of hydrogen-bond acceptors (Lipinski definition) is 6. The van der Waals surface area contributed by atoms with E-state index in [0.717, 1.165) is 68.4 Å². The van der Waals surface area contributed by atoms with Crippen molar-refractivity contribution in [3.8, 4) is 0 Å². The molecule has 0 bridgehead atoms. The van der Waals surface area contributed by atoms with Crippen molar-refractivity contribution in [1.29, 1.82) is 0 Å². The number of nitrogens with zero attached hydrogens (tertiary/aromatic N) is 1. The van der Waals surface area contributed by atoms with Gasteiger partial charge in [-0.3, -0.25) is 34.7 Å². The molecule has 0 saturated carbocycles. The Morgan fingerprint density at radius 2 is 1.07 bits per heavy atom. The number of fused-ring (bicyclic) bond motifs is 2. The summed E-state index contributed by atoms with van der Waals surface area (Å²) in [5.74, 6) is -1.01. The Kier molecular flexibility index (Phi) is 13.4. The average molecular weight is 655 g/mol. The molecule has 3 aliphatic rings. The molecule has 0 aliphatic carbocycles. The first-order valence-corrected chi connectivity index (χ1v) is 16.9. The second-order valence-electron chi connectivity index (χ2n) is 11.4. The maximum atomic E-state index is 11.9. The van der Waals surface area contributed by atoms with Crippen molar-refractivity contribution in [3.63, 3.8) is 0 Å². The fourth-order valence-electron chi connectivity index (χ4n) is 5.94. The number of unbranched alkanes of at least 4 members (excludes halogenated alkanes) is 8. The van der Waals surface area contributed by atoms with Crippen LogP contribution in [0.5, 0.6) is 0 Å². The number of hydrogen-bond donors (Lipinski definition) is 2. The van der Waals surface area contributed by atoms with Crippen molar-refractivity contribution in [2.75, 3.05) is 38.2 Å². The van der Waals surface area contributed by atoms with Gasteiger partial charge in [-0.15, -0.1) is 0 Å². The summed E-state index contributed by atoms with van der Waals surface area (Å²) in [7, 11) is 0. The normalized spacial score (nSPS) is 15.9. The lowest BCUT2D eigenvalue weighted by atomic mass is 9.97. The van der Waals surface area contributed by atoms with E-state index in [4.69, 9.17) is 4.74 Å². The highest BCUT2D eigenvalue weighted by atomic mass is 79.9. The van der Waals surface area contributed by atoms with E-state index in [9.17, 15) is 19.2 Å². The van der Waals surface area contributed by atoms with Crippen LogP contribution in [0.4, 0.5) is 0 Å². The molecule has 2 aromatic carbocycles.